The van der Waals surface area contributed by atoms with Crippen molar-refractivity contribution in [2.45, 2.75) is 12.2 Å². The van der Waals surface area contributed by atoms with Gasteiger partial charge in [0.2, 0.25) is 12.2 Å². The quantitative estimate of drug-likeness (QED) is 0.443. The van der Waals surface area contributed by atoms with Crippen molar-refractivity contribution in [2.75, 3.05) is 5.32 Å². The number of aromatic nitrogens is 1. The predicted molar refractivity (Wildman–Crippen MR) is 122 cm³/mol. The van der Waals surface area contributed by atoms with Gasteiger partial charge < -0.3 is 19.9 Å². The number of nitrogens with one attached hydrogen (secondary N) is 1. The SMILES string of the molecule is O=C(O[C@H](C(=O)O)[C@H](OC(=O)c1ccccc1Cl)C(=O)Nc1ccncc1)c1ccccc1Cl. The maximum absolute atomic E-state index is 13.0. The number of nitrogens with zero attached hydrogens (tertiary/aromatic N) is 1. The van der Waals surface area contributed by atoms with Crippen molar-refractivity contribution in [2.24, 2.45) is 0 Å². The second-order valence-corrected chi connectivity index (χ2v) is 7.49. The van der Waals surface area contributed by atoms with Gasteiger partial charge in [0.05, 0.1) is 21.2 Å². The minimum absolute atomic E-state index is 0.00230. The Labute approximate surface area is 203 Å². The molecule has 0 aliphatic heterocycles. The van der Waals surface area contributed by atoms with Gasteiger partial charge >= 0.3 is 17.9 Å². The van der Waals surface area contributed by atoms with Crippen LogP contribution in [0.5, 0.6) is 0 Å². The molecule has 1 amide bonds. The lowest BCUT2D eigenvalue weighted by atomic mass is 10.1. The molecule has 0 unspecified atom stereocenters. The molecule has 0 aliphatic carbocycles. The van der Waals surface area contributed by atoms with Gasteiger partial charge in [-0.2, -0.15) is 0 Å². The highest BCUT2D eigenvalue weighted by molar-refractivity contribution is 6.34. The lowest BCUT2D eigenvalue weighted by Gasteiger charge is -2.24. The predicted octanol–water partition coefficient (Wildman–Crippen LogP) is 3.86. The van der Waals surface area contributed by atoms with Gasteiger partial charge in [-0.1, -0.05) is 47.5 Å². The number of pyridine rings is 1. The number of carboxylic acid groups (broad SMARTS) is 1. The molecule has 34 heavy (non-hydrogen) atoms. The number of rotatable bonds is 8. The summed E-state index contributed by atoms with van der Waals surface area (Å²) in [6.45, 7) is 0. The third-order valence-electron chi connectivity index (χ3n) is 4.38. The molecule has 0 radical (unpaired) electrons. The number of hydrogen-bond donors (Lipinski definition) is 2. The molecule has 1 heterocycles. The molecule has 3 rings (SSSR count). The number of anilines is 1. The van der Waals surface area contributed by atoms with Crippen LogP contribution in [0.15, 0.2) is 73.1 Å². The molecule has 0 bridgehead atoms. The minimum atomic E-state index is -2.21. The van der Waals surface area contributed by atoms with E-state index in [4.69, 9.17) is 32.7 Å². The molecule has 174 valence electrons. The standard InChI is InChI=1S/C23H16Cl2N2O7/c24-16-7-3-1-5-14(16)22(31)33-18(20(28)27-13-9-11-26-12-10-13)19(21(29)30)34-23(32)15-6-2-4-8-17(15)25/h1-12,18-19H,(H,29,30)(H,26,27,28)/t18-,19-/m0/s1. The molecule has 2 aromatic carbocycles. The molecule has 2 N–H and O–H groups in total. The first kappa shape index (κ1) is 24.7. The van der Waals surface area contributed by atoms with E-state index in [-0.39, 0.29) is 26.9 Å². The second kappa shape index (κ2) is 11.3. The van der Waals surface area contributed by atoms with Gasteiger partial charge in [-0.05, 0) is 36.4 Å². The molecule has 2 atom stereocenters. The molecule has 0 aliphatic rings. The summed E-state index contributed by atoms with van der Waals surface area (Å²) in [5.41, 5.74) is -0.0195. The summed E-state index contributed by atoms with van der Waals surface area (Å²) in [6, 6.07) is 14.4. The number of halogens is 2. The normalized spacial score (nSPS) is 12.2. The van der Waals surface area contributed by atoms with Crippen molar-refractivity contribution >= 4 is 52.7 Å². The zero-order valence-corrected chi connectivity index (χ0v) is 18.7. The van der Waals surface area contributed by atoms with E-state index in [9.17, 15) is 24.3 Å². The molecule has 9 nitrogen and oxygen atoms in total. The Balaban J connectivity index is 1.93. The van der Waals surface area contributed by atoms with Crippen molar-refractivity contribution < 1.29 is 33.8 Å². The number of amides is 1. The van der Waals surface area contributed by atoms with Gasteiger partial charge in [-0.25, -0.2) is 14.4 Å². The van der Waals surface area contributed by atoms with Crippen molar-refractivity contribution in [3.63, 3.8) is 0 Å². The highest BCUT2D eigenvalue weighted by Crippen LogP contribution is 2.21. The van der Waals surface area contributed by atoms with E-state index in [0.717, 1.165) is 0 Å². The van der Waals surface area contributed by atoms with E-state index >= 15 is 0 Å². The van der Waals surface area contributed by atoms with E-state index in [1.807, 2.05) is 0 Å². The summed E-state index contributed by atoms with van der Waals surface area (Å²) in [4.78, 5) is 54.1. The van der Waals surface area contributed by atoms with Crippen molar-refractivity contribution in [1.29, 1.82) is 0 Å². The van der Waals surface area contributed by atoms with Crippen LogP contribution in [-0.2, 0) is 19.1 Å². The van der Waals surface area contributed by atoms with Crippen LogP contribution in [0.4, 0.5) is 5.69 Å². The molecule has 0 saturated carbocycles. The Hall–Kier alpha value is -3.95. The molecule has 0 spiro atoms. The average Bonchev–Trinajstić information content (AvgIpc) is 2.82. The summed E-state index contributed by atoms with van der Waals surface area (Å²) in [6.07, 6.45) is -1.53. The first-order valence-electron chi connectivity index (χ1n) is 9.62. The fraction of sp³-hybridized carbons (Fsp3) is 0.0870. The van der Waals surface area contributed by atoms with Crippen LogP contribution in [0.2, 0.25) is 10.0 Å². The average molecular weight is 503 g/mol. The fourth-order valence-corrected chi connectivity index (χ4v) is 3.18. The molecular weight excluding hydrogens is 487 g/mol. The summed E-state index contributed by atoms with van der Waals surface area (Å²) in [5, 5.41) is 12.2. The first-order chi connectivity index (χ1) is 16.3. The zero-order chi connectivity index (χ0) is 24.7. The van der Waals surface area contributed by atoms with Crippen LogP contribution in [0, 0.1) is 0 Å². The largest absolute Gasteiger partial charge is 0.478 e. The molecule has 0 fully saturated rings. The van der Waals surface area contributed by atoms with E-state index in [0.29, 0.717) is 0 Å². The summed E-state index contributed by atoms with van der Waals surface area (Å²) in [5.74, 6) is -5.03. The Kier molecular flexibility index (Phi) is 8.18. The Morgan fingerprint density at radius 3 is 1.71 bits per heavy atom. The zero-order valence-electron chi connectivity index (χ0n) is 17.2. The number of carboxylic acids is 1. The topological polar surface area (TPSA) is 132 Å². The Morgan fingerprint density at radius 2 is 1.24 bits per heavy atom. The summed E-state index contributed by atoms with van der Waals surface area (Å²) in [7, 11) is 0. The summed E-state index contributed by atoms with van der Waals surface area (Å²) < 4.78 is 10.3. The highest BCUT2D eigenvalue weighted by atomic mass is 35.5. The molecule has 0 saturated heterocycles. The van der Waals surface area contributed by atoms with Gasteiger partial charge in [0.25, 0.3) is 5.91 Å². The number of carbonyl (C=O) groups excluding carboxylic acids is 3. The van der Waals surface area contributed by atoms with Gasteiger partial charge in [0.15, 0.2) is 0 Å². The minimum Gasteiger partial charge on any atom is -0.478 e. The smallest absolute Gasteiger partial charge is 0.349 e. The number of benzene rings is 2. The lowest BCUT2D eigenvalue weighted by molar-refractivity contribution is -0.157. The maximum atomic E-state index is 13.0. The van der Waals surface area contributed by atoms with E-state index in [1.165, 1.54) is 60.9 Å². The molecule has 1 aromatic heterocycles. The third-order valence-corrected chi connectivity index (χ3v) is 5.04. The third kappa shape index (κ3) is 6.09. The highest BCUT2D eigenvalue weighted by Gasteiger charge is 2.41. The first-order valence-corrected chi connectivity index (χ1v) is 10.4. The van der Waals surface area contributed by atoms with Crippen LogP contribution in [0.3, 0.4) is 0 Å². The van der Waals surface area contributed by atoms with Crippen molar-refractivity contribution in [1.82, 2.24) is 4.98 Å². The summed E-state index contributed by atoms with van der Waals surface area (Å²) >= 11 is 12.0. The van der Waals surface area contributed by atoms with Crippen LogP contribution < -0.4 is 5.32 Å². The van der Waals surface area contributed by atoms with Crippen LogP contribution in [-0.4, -0.2) is 46.1 Å². The lowest BCUT2D eigenvalue weighted by Crippen LogP contribution is -2.48. The van der Waals surface area contributed by atoms with Gasteiger partial charge in [-0.15, -0.1) is 0 Å². The maximum Gasteiger partial charge on any atom is 0.349 e. The monoisotopic (exact) mass is 502 g/mol. The number of carbonyl (C=O) groups is 4. The van der Waals surface area contributed by atoms with Gasteiger partial charge in [0, 0.05) is 18.1 Å². The Bertz CT molecular complexity index is 1220. The van der Waals surface area contributed by atoms with E-state index < -0.39 is 36.0 Å². The van der Waals surface area contributed by atoms with E-state index in [2.05, 4.69) is 10.3 Å². The van der Waals surface area contributed by atoms with Crippen molar-refractivity contribution in [3.05, 3.63) is 94.2 Å². The number of hydrogen-bond acceptors (Lipinski definition) is 7. The van der Waals surface area contributed by atoms with Gasteiger partial charge in [0.1, 0.15) is 0 Å². The van der Waals surface area contributed by atoms with Crippen molar-refractivity contribution in [3.8, 4) is 0 Å². The van der Waals surface area contributed by atoms with Gasteiger partial charge in [-0.3, -0.25) is 9.78 Å². The second-order valence-electron chi connectivity index (χ2n) is 6.67. The van der Waals surface area contributed by atoms with Crippen LogP contribution >= 0.6 is 23.2 Å². The number of aliphatic carboxylic acids is 1. The van der Waals surface area contributed by atoms with E-state index in [1.54, 1.807) is 12.1 Å². The molecule has 3 aromatic rings. The van der Waals surface area contributed by atoms with Crippen LogP contribution in [0.1, 0.15) is 20.7 Å². The fourth-order valence-electron chi connectivity index (χ4n) is 2.75. The molecule has 11 heteroatoms. The number of esters is 2. The Morgan fingerprint density at radius 1 is 0.765 bits per heavy atom. The molecular formula is C23H16Cl2N2O7. The van der Waals surface area contributed by atoms with Crippen LogP contribution in [0.25, 0.3) is 0 Å². The number of ether oxygens (including phenoxy) is 2.